The summed E-state index contributed by atoms with van der Waals surface area (Å²) in [6, 6.07) is 6.17. The van der Waals surface area contributed by atoms with Gasteiger partial charge in [-0.3, -0.25) is 0 Å². The van der Waals surface area contributed by atoms with Crippen molar-refractivity contribution in [3.63, 3.8) is 0 Å². The first-order valence-corrected chi connectivity index (χ1v) is 11.5. The van der Waals surface area contributed by atoms with Crippen LogP contribution in [0, 0.1) is 0 Å². The van der Waals surface area contributed by atoms with E-state index in [-0.39, 0.29) is 6.10 Å². The standard InChI is InChI=1S/C24H38N8O/c1-9-15(10-2)33-18-13-19(28-6)31-22-21(18)24(29-7)32(30-8)23(22)20-16(26-4)11-14(25-3)12-17(20)27-5/h11-13,15,25-27,29-30H,9-10H2,1-8H3,(H,28,31). The van der Waals surface area contributed by atoms with Crippen molar-refractivity contribution < 1.29 is 4.74 Å². The van der Waals surface area contributed by atoms with Crippen molar-refractivity contribution in [2.24, 2.45) is 0 Å². The van der Waals surface area contributed by atoms with Crippen LogP contribution >= 0.6 is 0 Å². The van der Waals surface area contributed by atoms with E-state index in [0.29, 0.717) is 0 Å². The molecule has 0 fully saturated rings. The zero-order valence-corrected chi connectivity index (χ0v) is 21.0. The first-order chi connectivity index (χ1) is 16.0. The zero-order valence-electron chi connectivity index (χ0n) is 21.0. The van der Waals surface area contributed by atoms with Gasteiger partial charge in [0.2, 0.25) is 0 Å². The van der Waals surface area contributed by atoms with Gasteiger partial charge in [0.05, 0.1) is 11.5 Å². The highest BCUT2D eigenvalue weighted by molar-refractivity contribution is 6.09. The molecular formula is C24H38N8O. The highest BCUT2D eigenvalue weighted by Crippen LogP contribution is 2.47. The van der Waals surface area contributed by atoms with Gasteiger partial charge in [-0.15, -0.1) is 0 Å². The number of benzene rings is 1. The molecule has 0 spiro atoms. The average molecular weight is 455 g/mol. The summed E-state index contributed by atoms with van der Waals surface area (Å²) in [7, 11) is 11.5. The summed E-state index contributed by atoms with van der Waals surface area (Å²) in [5.41, 5.74) is 9.09. The lowest BCUT2D eigenvalue weighted by Crippen LogP contribution is -2.15. The normalized spacial score (nSPS) is 10.9. The van der Waals surface area contributed by atoms with E-state index in [9.17, 15) is 0 Å². The maximum absolute atomic E-state index is 6.51. The molecule has 33 heavy (non-hydrogen) atoms. The number of nitrogens with one attached hydrogen (secondary N) is 6. The molecule has 0 unspecified atom stereocenters. The van der Waals surface area contributed by atoms with E-state index in [0.717, 1.165) is 69.4 Å². The highest BCUT2D eigenvalue weighted by atomic mass is 16.5. The molecule has 0 aliphatic rings. The summed E-state index contributed by atoms with van der Waals surface area (Å²) in [5, 5.41) is 17.5. The molecule has 9 nitrogen and oxygen atoms in total. The predicted octanol–water partition coefficient (Wildman–Crippen LogP) is 4.65. The summed E-state index contributed by atoms with van der Waals surface area (Å²) in [6.45, 7) is 4.30. The van der Waals surface area contributed by atoms with Gasteiger partial charge in [-0.25, -0.2) is 9.66 Å². The number of hydrogen-bond donors (Lipinski definition) is 6. The van der Waals surface area contributed by atoms with E-state index < -0.39 is 0 Å². The molecule has 0 radical (unpaired) electrons. The van der Waals surface area contributed by atoms with Crippen molar-refractivity contribution in [2.75, 3.05) is 74.3 Å². The largest absolute Gasteiger partial charge is 0.489 e. The Labute approximate surface area is 196 Å². The van der Waals surface area contributed by atoms with E-state index in [1.54, 1.807) is 0 Å². The zero-order chi connectivity index (χ0) is 24.1. The van der Waals surface area contributed by atoms with Crippen LogP contribution in [0.2, 0.25) is 0 Å². The van der Waals surface area contributed by atoms with Gasteiger partial charge in [-0.05, 0) is 25.0 Å². The molecular weight excluding hydrogens is 416 g/mol. The number of fused-ring (bicyclic) bond motifs is 1. The molecule has 3 rings (SSSR count). The minimum Gasteiger partial charge on any atom is -0.489 e. The fourth-order valence-electron chi connectivity index (χ4n) is 4.23. The van der Waals surface area contributed by atoms with Crippen LogP contribution in [-0.4, -0.2) is 58.1 Å². The highest BCUT2D eigenvalue weighted by Gasteiger charge is 2.27. The van der Waals surface area contributed by atoms with Gasteiger partial charge < -0.3 is 36.7 Å². The lowest BCUT2D eigenvalue weighted by molar-refractivity contribution is 0.195. The first kappa shape index (κ1) is 24.2. The van der Waals surface area contributed by atoms with Crippen LogP contribution in [0.4, 0.5) is 28.7 Å². The molecule has 180 valence electrons. The Morgan fingerprint density at radius 2 is 1.48 bits per heavy atom. The second-order valence-corrected chi connectivity index (χ2v) is 7.74. The van der Waals surface area contributed by atoms with Crippen molar-refractivity contribution >= 4 is 39.6 Å². The van der Waals surface area contributed by atoms with E-state index in [2.05, 4.69) is 58.0 Å². The predicted molar refractivity (Wildman–Crippen MR) is 143 cm³/mol. The molecule has 6 N–H and O–H groups in total. The topological polar surface area (TPSA) is 99.2 Å². The van der Waals surface area contributed by atoms with Crippen molar-refractivity contribution in [1.82, 2.24) is 9.66 Å². The second-order valence-electron chi connectivity index (χ2n) is 7.74. The van der Waals surface area contributed by atoms with Crippen LogP contribution in [0.15, 0.2) is 18.2 Å². The molecule has 0 bridgehead atoms. The van der Waals surface area contributed by atoms with Gasteiger partial charge >= 0.3 is 0 Å². The Morgan fingerprint density at radius 1 is 0.848 bits per heavy atom. The quantitative estimate of drug-likeness (QED) is 0.249. The maximum Gasteiger partial charge on any atom is 0.138 e. The number of pyridine rings is 1. The molecule has 0 atom stereocenters. The lowest BCUT2D eigenvalue weighted by Gasteiger charge is -2.19. The lowest BCUT2D eigenvalue weighted by atomic mass is 10.0. The summed E-state index contributed by atoms with van der Waals surface area (Å²) in [4.78, 5) is 5.00. The molecule has 1 aromatic carbocycles. The van der Waals surface area contributed by atoms with E-state index in [1.165, 1.54) is 0 Å². The number of ether oxygens (including phenoxy) is 1. The maximum atomic E-state index is 6.51. The minimum absolute atomic E-state index is 0.127. The Kier molecular flexibility index (Phi) is 7.63. The van der Waals surface area contributed by atoms with Crippen molar-refractivity contribution in [2.45, 2.75) is 32.8 Å². The number of anilines is 5. The molecule has 0 saturated carbocycles. The molecule has 3 aromatic rings. The van der Waals surface area contributed by atoms with E-state index in [4.69, 9.17) is 9.72 Å². The number of aromatic nitrogens is 2. The second kappa shape index (κ2) is 10.4. The Hall–Kier alpha value is -3.49. The third-order valence-corrected chi connectivity index (χ3v) is 6.01. The van der Waals surface area contributed by atoms with Crippen LogP contribution in [0.5, 0.6) is 5.75 Å². The Balaban J connectivity index is 2.48. The third kappa shape index (κ3) is 4.27. The van der Waals surface area contributed by atoms with Gasteiger partial charge in [0.15, 0.2) is 0 Å². The summed E-state index contributed by atoms with van der Waals surface area (Å²) in [6.07, 6.45) is 1.99. The molecule has 0 saturated heterocycles. The molecule has 2 aromatic heterocycles. The van der Waals surface area contributed by atoms with E-state index >= 15 is 0 Å². The van der Waals surface area contributed by atoms with Gasteiger partial charge in [0.1, 0.15) is 28.6 Å². The van der Waals surface area contributed by atoms with Crippen LogP contribution in [0.3, 0.4) is 0 Å². The average Bonchev–Trinajstić information content (AvgIpc) is 3.18. The molecule has 9 heteroatoms. The first-order valence-electron chi connectivity index (χ1n) is 11.5. The van der Waals surface area contributed by atoms with Crippen LogP contribution < -0.4 is 36.7 Å². The Morgan fingerprint density at radius 3 is 1.94 bits per heavy atom. The summed E-state index contributed by atoms with van der Waals surface area (Å²) < 4.78 is 8.54. The van der Waals surface area contributed by atoms with Crippen LogP contribution in [-0.2, 0) is 0 Å². The van der Waals surface area contributed by atoms with Crippen LogP contribution in [0.25, 0.3) is 22.2 Å². The van der Waals surface area contributed by atoms with Gasteiger partial charge in [0, 0.05) is 71.0 Å². The number of rotatable bonds is 11. The van der Waals surface area contributed by atoms with Crippen LogP contribution in [0.1, 0.15) is 26.7 Å². The molecule has 0 amide bonds. The fourth-order valence-corrected chi connectivity index (χ4v) is 4.23. The number of hydrogen-bond acceptors (Lipinski definition) is 8. The van der Waals surface area contributed by atoms with E-state index in [1.807, 2.05) is 53.0 Å². The van der Waals surface area contributed by atoms with Crippen molar-refractivity contribution in [3.8, 4) is 17.0 Å². The monoisotopic (exact) mass is 454 g/mol. The summed E-state index contributed by atoms with van der Waals surface area (Å²) >= 11 is 0. The SMILES string of the molecule is CCC(CC)Oc1cc(NC)nc2c(-c3c(NC)cc(NC)cc3NC)n(NC)c(NC)c12. The van der Waals surface area contributed by atoms with Crippen molar-refractivity contribution in [3.05, 3.63) is 18.2 Å². The summed E-state index contributed by atoms with van der Waals surface area (Å²) in [5.74, 6) is 2.45. The fraction of sp³-hybridized carbons (Fsp3) is 0.458. The molecule has 0 aliphatic heterocycles. The Bertz CT molecular complexity index is 1080. The van der Waals surface area contributed by atoms with Gasteiger partial charge in [0.25, 0.3) is 0 Å². The minimum atomic E-state index is 0.127. The molecule has 2 heterocycles. The molecule has 0 aliphatic carbocycles. The van der Waals surface area contributed by atoms with Gasteiger partial charge in [-0.1, -0.05) is 13.8 Å². The third-order valence-electron chi connectivity index (χ3n) is 6.01. The smallest absolute Gasteiger partial charge is 0.138 e. The van der Waals surface area contributed by atoms with Crippen molar-refractivity contribution in [1.29, 1.82) is 0 Å². The number of nitrogens with zero attached hydrogens (tertiary/aromatic N) is 2. The van der Waals surface area contributed by atoms with Gasteiger partial charge in [-0.2, -0.15) is 0 Å².